The molecule has 0 saturated heterocycles. The third-order valence-electron chi connectivity index (χ3n) is 11.8. The predicted octanol–water partition coefficient (Wildman–Crippen LogP) is 13.2. The molecule has 57 heavy (non-hydrogen) atoms. The highest BCUT2D eigenvalue weighted by molar-refractivity contribution is 5.98. The van der Waals surface area contributed by atoms with Crippen molar-refractivity contribution in [2.75, 3.05) is 0 Å². The van der Waals surface area contributed by atoms with Gasteiger partial charge in [0.05, 0.1) is 16.8 Å². The van der Waals surface area contributed by atoms with Crippen LogP contribution < -0.4 is 0 Å². The first-order valence-electron chi connectivity index (χ1n) is 19.3. The van der Waals surface area contributed by atoms with Gasteiger partial charge in [-0.15, -0.1) is 6.42 Å². The fourth-order valence-electron chi connectivity index (χ4n) is 9.40. The lowest BCUT2D eigenvalue weighted by atomic mass is 9.65. The highest BCUT2D eigenvalue weighted by Gasteiger charge is 2.49. The van der Waals surface area contributed by atoms with E-state index < -0.39 is 5.41 Å². The fraction of sp³-hybridized carbons (Fsp3) is 0.0370. The maximum atomic E-state index is 6.27. The van der Waals surface area contributed by atoms with Crippen LogP contribution in [0.2, 0.25) is 0 Å². The van der Waals surface area contributed by atoms with Gasteiger partial charge in [-0.25, -0.2) is 9.97 Å². The maximum absolute atomic E-state index is 6.27. The van der Waals surface area contributed by atoms with Gasteiger partial charge >= 0.3 is 0 Å². The van der Waals surface area contributed by atoms with Crippen molar-refractivity contribution >= 4 is 17.0 Å². The Morgan fingerprint density at radius 1 is 0.509 bits per heavy atom. The largest absolute Gasteiger partial charge is 0.461 e. The van der Waals surface area contributed by atoms with Gasteiger partial charge in [-0.2, -0.15) is 0 Å². The molecule has 0 atom stereocenters. The zero-order valence-electron chi connectivity index (χ0n) is 31.2. The average molecular weight is 727 g/mol. The summed E-state index contributed by atoms with van der Waals surface area (Å²) in [6.45, 7) is 1.97. The third-order valence-corrected chi connectivity index (χ3v) is 11.8. The van der Waals surface area contributed by atoms with Crippen molar-refractivity contribution in [1.29, 1.82) is 0 Å². The zero-order valence-corrected chi connectivity index (χ0v) is 31.2. The quantitative estimate of drug-likeness (QED) is 0.170. The van der Waals surface area contributed by atoms with E-state index in [1.807, 2.05) is 19.1 Å². The van der Waals surface area contributed by atoms with Crippen LogP contribution in [-0.4, -0.2) is 9.97 Å². The molecule has 0 amide bonds. The molecule has 266 valence electrons. The summed E-state index contributed by atoms with van der Waals surface area (Å²) in [6.07, 6.45) is 9.18. The number of hydrogen-bond acceptors (Lipinski definition) is 3. The molecule has 11 rings (SSSR count). The molecule has 2 aliphatic rings. The van der Waals surface area contributed by atoms with Crippen LogP contribution in [-0.2, 0) is 5.41 Å². The van der Waals surface area contributed by atoms with Gasteiger partial charge in [0, 0.05) is 27.6 Å². The van der Waals surface area contributed by atoms with Crippen LogP contribution in [0.1, 0.15) is 33.6 Å². The maximum Gasteiger partial charge on any atom is 0.160 e. The number of hydrogen-bond donors (Lipinski definition) is 0. The molecule has 3 heteroatoms. The minimum absolute atomic E-state index is 0.595. The first-order valence-corrected chi connectivity index (χ1v) is 19.3. The Balaban J connectivity index is 1.19. The number of allylic oxidation sites excluding steroid dienone is 1. The van der Waals surface area contributed by atoms with Crippen LogP contribution in [0.5, 0.6) is 0 Å². The van der Waals surface area contributed by atoms with E-state index in [0.29, 0.717) is 5.82 Å². The summed E-state index contributed by atoms with van der Waals surface area (Å²) in [5, 5.41) is 1.01. The summed E-state index contributed by atoms with van der Waals surface area (Å²) in [5.41, 5.74) is 18.2. The lowest BCUT2D eigenvalue weighted by molar-refractivity contribution is 0.577. The van der Waals surface area contributed by atoms with Crippen molar-refractivity contribution in [2.24, 2.45) is 0 Å². The van der Waals surface area contributed by atoms with Crippen molar-refractivity contribution in [3.05, 3.63) is 210 Å². The topological polar surface area (TPSA) is 38.9 Å². The average Bonchev–Trinajstić information content (AvgIpc) is 3.72. The molecule has 0 aliphatic heterocycles. The van der Waals surface area contributed by atoms with Crippen molar-refractivity contribution < 1.29 is 4.42 Å². The number of terminal acetylenes is 1. The number of aryl methyl sites for hydroxylation is 1. The summed E-state index contributed by atoms with van der Waals surface area (Å²) in [6, 6.07) is 61.2. The molecule has 1 spiro atoms. The van der Waals surface area contributed by atoms with Crippen LogP contribution in [0.3, 0.4) is 0 Å². The lowest BCUT2D eigenvalue weighted by Crippen LogP contribution is -2.29. The molecule has 0 saturated carbocycles. The first-order chi connectivity index (χ1) is 28.1. The Hall–Kier alpha value is -7.54. The summed E-state index contributed by atoms with van der Waals surface area (Å²) in [5.74, 6) is 4.07. The summed E-state index contributed by atoms with van der Waals surface area (Å²) < 4.78 is 6.27. The van der Waals surface area contributed by atoms with Gasteiger partial charge in [-0.1, -0.05) is 152 Å². The minimum Gasteiger partial charge on any atom is -0.461 e. The molecule has 0 N–H and O–H groups in total. The number of fused-ring (bicyclic) bond motifs is 13. The molecule has 2 heterocycles. The van der Waals surface area contributed by atoms with Crippen LogP contribution in [0.15, 0.2) is 180 Å². The number of furan rings is 1. The van der Waals surface area contributed by atoms with Gasteiger partial charge in [0.15, 0.2) is 5.82 Å². The van der Waals surface area contributed by atoms with E-state index in [1.54, 1.807) is 6.08 Å². The van der Waals surface area contributed by atoms with E-state index in [9.17, 15) is 0 Å². The van der Waals surface area contributed by atoms with E-state index in [-0.39, 0.29) is 0 Å². The normalized spacial score (nSPS) is 13.1. The van der Waals surface area contributed by atoms with E-state index >= 15 is 0 Å². The second-order valence-electron chi connectivity index (χ2n) is 14.8. The second kappa shape index (κ2) is 12.8. The van der Waals surface area contributed by atoms with Crippen molar-refractivity contribution in [1.82, 2.24) is 9.97 Å². The van der Waals surface area contributed by atoms with Crippen LogP contribution in [0, 0.1) is 19.3 Å². The Morgan fingerprint density at radius 3 is 1.67 bits per heavy atom. The van der Waals surface area contributed by atoms with E-state index in [0.717, 1.165) is 50.4 Å². The van der Waals surface area contributed by atoms with Gasteiger partial charge in [0.2, 0.25) is 0 Å². The molecule has 0 bridgehead atoms. The minimum atomic E-state index is -0.595. The van der Waals surface area contributed by atoms with Crippen LogP contribution in [0.25, 0.3) is 84.3 Å². The van der Waals surface area contributed by atoms with Crippen molar-refractivity contribution in [3.8, 4) is 79.6 Å². The van der Waals surface area contributed by atoms with Crippen LogP contribution >= 0.6 is 0 Å². The molecule has 7 aromatic carbocycles. The second-order valence-corrected chi connectivity index (χ2v) is 14.8. The standard InChI is InChI=1S/C54H34N2O/c1-3-4-18-38-34(2)57-52-32-36(27-30-45(38)52)51-33-50(35-16-6-5-7-17-35)55-53(56-51)37-28-29-44-40-20-9-8-19-39(40)41-21-10-13-24-46(41)54(49(44)31-37)47-25-14-11-22-42(47)43-23-12-15-26-48(43)54/h1,4-33H,2H3/b18-4-. The van der Waals surface area contributed by atoms with Crippen molar-refractivity contribution in [2.45, 2.75) is 12.3 Å². The number of rotatable bonds is 4. The van der Waals surface area contributed by atoms with Gasteiger partial charge < -0.3 is 4.42 Å². The van der Waals surface area contributed by atoms with E-state index in [2.05, 4.69) is 170 Å². The van der Waals surface area contributed by atoms with Gasteiger partial charge in [0.1, 0.15) is 11.3 Å². The smallest absolute Gasteiger partial charge is 0.160 e. The fourth-order valence-corrected chi connectivity index (χ4v) is 9.40. The monoisotopic (exact) mass is 726 g/mol. The molecule has 0 unspecified atom stereocenters. The zero-order chi connectivity index (χ0) is 38.1. The molecule has 9 aromatic rings. The molecule has 3 nitrogen and oxygen atoms in total. The van der Waals surface area contributed by atoms with Crippen LogP contribution in [0.4, 0.5) is 0 Å². The highest BCUT2D eigenvalue weighted by Crippen LogP contribution is 2.61. The van der Waals surface area contributed by atoms with Gasteiger partial charge in [0.25, 0.3) is 0 Å². The number of nitrogens with zero attached hydrogens (tertiary/aromatic N) is 2. The number of aromatic nitrogens is 2. The molecule has 0 radical (unpaired) electrons. The Morgan fingerprint density at radius 2 is 1.04 bits per heavy atom. The molecular weight excluding hydrogens is 693 g/mol. The summed E-state index contributed by atoms with van der Waals surface area (Å²) in [7, 11) is 0. The molecular formula is C54H34N2O. The van der Waals surface area contributed by atoms with Crippen molar-refractivity contribution in [3.63, 3.8) is 0 Å². The van der Waals surface area contributed by atoms with E-state index in [1.165, 1.54) is 55.6 Å². The summed E-state index contributed by atoms with van der Waals surface area (Å²) >= 11 is 0. The SMILES string of the molecule is C#C/C=C\c1c(C)oc2cc(-c3cc(-c4ccccc4)nc(-c4ccc5c(c4)C4(c6ccccc6-c6ccccc6-5)c5ccccc5-c5ccccc54)n3)ccc12. The van der Waals surface area contributed by atoms with E-state index in [4.69, 9.17) is 20.8 Å². The summed E-state index contributed by atoms with van der Waals surface area (Å²) in [4.78, 5) is 10.7. The molecule has 2 aromatic heterocycles. The third kappa shape index (κ3) is 4.88. The first kappa shape index (κ1) is 32.9. The molecule has 0 fully saturated rings. The lowest BCUT2D eigenvalue weighted by Gasteiger charge is -2.35. The predicted molar refractivity (Wildman–Crippen MR) is 232 cm³/mol. The van der Waals surface area contributed by atoms with Gasteiger partial charge in [-0.05, 0) is 99.0 Å². The Bertz CT molecular complexity index is 3110. The highest BCUT2D eigenvalue weighted by atomic mass is 16.3. The molecule has 2 aliphatic carbocycles. The number of benzene rings is 7. The Kier molecular flexibility index (Phi) is 7.36. The van der Waals surface area contributed by atoms with Gasteiger partial charge in [-0.3, -0.25) is 0 Å². The Labute approximate surface area is 331 Å².